The molecule has 4 N–H and O–H groups in total. The number of rotatable bonds is 4. The quantitative estimate of drug-likeness (QED) is 0.756. The first kappa shape index (κ1) is 15.6. The molecule has 0 saturated heterocycles. The highest BCUT2D eigenvalue weighted by atomic mass is 35.5. The second-order valence-electron chi connectivity index (χ2n) is 4.48. The molecule has 6 heteroatoms. The van der Waals surface area contributed by atoms with Crippen molar-refractivity contribution in [2.24, 2.45) is 0 Å². The maximum atomic E-state index is 12.3. The van der Waals surface area contributed by atoms with Gasteiger partial charge in [-0.25, -0.2) is 0 Å². The third kappa shape index (κ3) is 3.67. The van der Waals surface area contributed by atoms with Gasteiger partial charge < -0.3 is 16.2 Å². The van der Waals surface area contributed by atoms with E-state index in [1.165, 1.54) is 12.1 Å². The molecule has 21 heavy (non-hydrogen) atoms. The number of nitrogens with two attached hydrogens (primary N) is 1. The van der Waals surface area contributed by atoms with Crippen LogP contribution in [0.15, 0.2) is 42.5 Å². The van der Waals surface area contributed by atoms with Gasteiger partial charge in [0.05, 0.1) is 28.3 Å². The third-order valence-corrected chi connectivity index (χ3v) is 3.79. The Labute approximate surface area is 132 Å². The number of amides is 1. The molecule has 0 aliphatic rings. The lowest BCUT2D eigenvalue weighted by Crippen LogP contribution is -2.31. The van der Waals surface area contributed by atoms with Gasteiger partial charge in [0, 0.05) is 5.69 Å². The summed E-state index contributed by atoms with van der Waals surface area (Å²) in [6.07, 6.45) is 0. The van der Waals surface area contributed by atoms with Crippen LogP contribution in [-0.4, -0.2) is 17.6 Å². The normalized spacial score (nSPS) is 12.0. The van der Waals surface area contributed by atoms with Gasteiger partial charge in [-0.05, 0) is 17.7 Å². The van der Waals surface area contributed by atoms with E-state index in [0.29, 0.717) is 5.69 Å². The molecule has 2 aromatic rings. The number of hydrogen-bond acceptors (Lipinski definition) is 3. The Kier molecular flexibility index (Phi) is 5.07. The van der Waals surface area contributed by atoms with Crippen LogP contribution in [0.4, 0.5) is 5.69 Å². The summed E-state index contributed by atoms with van der Waals surface area (Å²) in [4.78, 5) is 12.3. The smallest absolute Gasteiger partial charge is 0.253 e. The molecule has 0 aliphatic heterocycles. The number of carbonyl (C=O) groups excluding carboxylic acids is 1. The molecular formula is C15H14Cl2N2O2. The Hall–Kier alpha value is -1.75. The Balaban J connectivity index is 2.25. The van der Waals surface area contributed by atoms with Gasteiger partial charge in [0.2, 0.25) is 0 Å². The second kappa shape index (κ2) is 6.80. The van der Waals surface area contributed by atoms with E-state index in [1.807, 2.05) is 30.3 Å². The fraction of sp³-hybridized carbons (Fsp3) is 0.133. The number of aliphatic hydroxyl groups excluding tert-OH is 1. The lowest BCUT2D eigenvalue weighted by Gasteiger charge is -2.17. The summed E-state index contributed by atoms with van der Waals surface area (Å²) in [6, 6.07) is 11.5. The van der Waals surface area contributed by atoms with Crippen LogP contribution in [0.3, 0.4) is 0 Å². The van der Waals surface area contributed by atoms with Crippen LogP contribution >= 0.6 is 23.2 Å². The van der Waals surface area contributed by atoms with Gasteiger partial charge in [-0.1, -0.05) is 53.5 Å². The Morgan fingerprint density at radius 3 is 2.52 bits per heavy atom. The van der Waals surface area contributed by atoms with Gasteiger partial charge >= 0.3 is 0 Å². The van der Waals surface area contributed by atoms with Crippen LogP contribution in [0.5, 0.6) is 0 Å². The van der Waals surface area contributed by atoms with E-state index in [1.54, 1.807) is 0 Å². The zero-order chi connectivity index (χ0) is 15.4. The number of anilines is 1. The zero-order valence-electron chi connectivity index (χ0n) is 11.0. The Morgan fingerprint density at radius 1 is 1.24 bits per heavy atom. The molecule has 0 aliphatic carbocycles. The van der Waals surface area contributed by atoms with Crippen LogP contribution in [0.2, 0.25) is 10.0 Å². The average molecular weight is 325 g/mol. The van der Waals surface area contributed by atoms with Crippen LogP contribution < -0.4 is 11.1 Å². The minimum absolute atomic E-state index is 0.133. The lowest BCUT2D eigenvalue weighted by atomic mass is 10.1. The van der Waals surface area contributed by atoms with Gasteiger partial charge in [0.15, 0.2) is 0 Å². The number of halogens is 2. The van der Waals surface area contributed by atoms with Crippen molar-refractivity contribution < 1.29 is 9.90 Å². The standard InChI is InChI=1S/C15H14Cl2N2O2/c16-12-7-10(18)6-11(14(12)17)15(21)19-13(8-20)9-4-2-1-3-5-9/h1-7,13,20H,8,18H2,(H,19,21)/t13-/m0/s1. The number of nitrogen functional groups attached to an aromatic ring is 1. The first-order valence-corrected chi connectivity index (χ1v) is 6.99. The minimum atomic E-state index is -0.532. The molecule has 0 bridgehead atoms. The van der Waals surface area contributed by atoms with E-state index in [0.717, 1.165) is 5.56 Å². The lowest BCUT2D eigenvalue weighted by molar-refractivity contribution is 0.0916. The number of carbonyl (C=O) groups is 1. The molecular weight excluding hydrogens is 311 g/mol. The van der Waals surface area contributed by atoms with Crippen LogP contribution in [-0.2, 0) is 0 Å². The Morgan fingerprint density at radius 2 is 1.90 bits per heavy atom. The van der Waals surface area contributed by atoms with E-state index >= 15 is 0 Å². The van der Waals surface area contributed by atoms with Crippen LogP contribution in [0.25, 0.3) is 0 Å². The molecule has 0 aromatic heterocycles. The molecule has 110 valence electrons. The molecule has 0 saturated carbocycles. The van der Waals surface area contributed by atoms with Crippen molar-refractivity contribution in [3.63, 3.8) is 0 Å². The first-order chi connectivity index (χ1) is 10.0. The number of nitrogens with one attached hydrogen (secondary N) is 1. The summed E-state index contributed by atoms with van der Waals surface area (Å²) in [5, 5.41) is 12.5. The summed E-state index contributed by atoms with van der Waals surface area (Å²) >= 11 is 11.9. The van der Waals surface area contributed by atoms with Crippen LogP contribution in [0.1, 0.15) is 22.0 Å². The molecule has 0 radical (unpaired) electrons. The molecule has 4 nitrogen and oxygen atoms in total. The Bertz CT molecular complexity index is 648. The van der Waals surface area contributed by atoms with Crippen molar-refractivity contribution in [2.45, 2.75) is 6.04 Å². The number of benzene rings is 2. The second-order valence-corrected chi connectivity index (χ2v) is 5.27. The summed E-state index contributed by atoms with van der Waals surface area (Å²) < 4.78 is 0. The van der Waals surface area contributed by atoms with Crippen LogP contribution in [0, 0.1) is 0 Å². The summed E-state index contributed by atoms with van der Waals surface area (Å²) in [6.45, 7) is -0.233. The van der Waals surface area contributed by atoms with Gasteiger partial charge in [0.25, 0.3) is 5.91 Å². The van der Waals surface area contributed by atoms with Crippen molar-refractivity contribution in [2.75, 3.05) is 12.3 Å². The summed E-state index contributed by atoms with van der Waals surface area (Å²) in [5.74, 6) is -0.447. The van der Waals surface area contributed by atoms with Gasteiger partial charge in [-0.2, -0.15) is 0 Å². The van der Waals surface area contributed by atoms with E-state index in [-0.39, 0.29) is 22.2 Å². The molecule has 2 rings (SSSR count). The highest BCUT2D eigenvalue weighted by Crippen LogP contribution is 2.29. The molecule has 2 aromatic carbocycles. The van der Waals surface area contributed by atoms with E-state index in [4.69, 9.17) is 28.9 Å². The fourth-order valence-corrected chi connectivity index (χ4v) is 2.35. The van der Waals surface area contributed by atoms with Gasteiger partial charge in [-0.15, -0.1) is 0 Å². The predicted octanol–water partition coefficient (Wildman–Crippen LogP) is 3.04. The van der Waals surface area contributed by atoms with Crippen molar-refractivity contribution >= 4 is 34.8 Å². The minimum Gasteiger partial charge on any atom is -0.399 e. The maximum Gasteiger partial charge on any atom is 0.253 e. The van der Waals surface area contributed by atoms with Gasteiger partial charge in [-0.3, -0.25) is 4.79 Å². The van der Waals surface area contributed by atoms with E-state index < -0.39 is 11.9 Å². The highest BCUT2D eigenvalue weighted by molar-refractivity contribution is 6.44. The number of hydrogen-bond donors (Lipinski definition) is 3. The predicted molar refractivity (Wildman–Crippen MR) is 84.6 cm³/mol. The molecule has 0 fully saturated rings. The summed E-state index contributed by atoms with van der Waals surface area (Å²) in [5.41, 5.74) is 6.98. The van der Waals surface area contributed by atoms with Crippen molar-refractivity contribution in [3.05, 3.63) is 63.6 Å². The molecule has 1 atom stereocenters. The first-order valence-electron chi connectivity index (χ1n) is 6.24. The number of aliphatic hydroxyl groups is 1. The summed E-state index contributed by atoms with van der Waals surface area (Å²) in [7, 11) is 0. The van der Waals surface area contributed by atoms with Crippen molar-refractivity contribution in [1.29, 1.82) is 0 Å². The van der Waals surface area contributed by atoms with Crippen molar-refractivity contribution in [3.8, 4) is 0 Å². The van der Waals surface area contributed by atoms with Gasteiger partial charge in [0.1, 0.15) is 0 Å². The molecule has 1 amide bonds. The SMILES string of the molecule is Nc1cc(Cl)c(Cl)c(C(=O)N[C@@H](CO)c2ccccc2)c1. The maximum absolute atomic E-state index is 12.3. The highest BCUT2D eigenvalue weighted by Gasteiger charge is 2.18. The molecule has 0 heterocycles. The largest absolute Gasteiger partial charge is 0.399 e. The zero-order valence-corrected chi connectivity index (χ0v) is 12.5. The van der Waals surface area contributed by atoms with E-state index in [2.05, 4.69) is 5.32 Å². The topological polar surface area (TPSA) is 75.4 Å². The molecule has 0 unspecified atom stereocenters. The monoisotopic (exact) mass is 324 g/mol. The third-order valence-electron chi connectivity index (χ3n) is 2.99. The van der Waals surface area contributed by atoms with E-state index in [9.17, 15) is 9.90 Å². The molecule has 0 spiro atoms. The average Bonchev–Trinajstić information content (AvgIpc) is 2.49. The van der Waals surface area contributed by atoms with Crippen molar-refractivity contribution in [1.82, 2.24) is 5.32 Å². The fourth-order valence-electron chi connectivity index (χ4n) is 1.93.